The van der Waals surface area contributed by atoms with Gasteiger partial charge >= 0.3 is 0 Å². The van der Waals surface area contributed by atoms with Crippen LogP contribution in [0, 0.1) is 30.1 Å². The van der Waals surface area contributed by atoms with Crippen LogP contribution < -0.4 is 0 Å². The normalized spacial score (nSPS) is 57.8. The number of terminal acetylenes is 1. The van der Waals surface area contributed by atoms with Crippen molar-refractivity contribution in [2.75, 3.05) is 19.6 Å². The first kappa shape index (κ1) is 7.84. The van der Waals surface area contributed by atoms with Gasteiger partial charge in [-0.25, -0.2) is 0 Å². The third kappa shape index (κ3) is 0.868. The summed E-state index contributed by atoms with van der Waals surface area (Å²) in [5.41, 5.74) is -0.770. The van der Waals surface area contributed by atoms with Gasteiger partial charge in [0.2, 0.25) is 0 Å². The fourth-order valence-corrected chi connectivity index (χ4v) is 3.62. The van der Waals surface area contributed by atoms with E-state index >= 15 is 0 Å². The molecule has 4 fully saturated rings. The van der Waals surface area contributed by atoms with Gasteiger partial charge in [-0.3, -0.25) is 0 Å². The Hall–Kier alpha value is -0.520. The number of hydrogen-bond donors (Lipinski definition) is 1. The van der Waals surface area contributed by atoms with Gasteiger partial charge in [-0.05, 0) is 18.8 Å². The molecule has 1 aliphatic carbocycles. The van der Waals surface area contributed by atoms with E-state index in [0.29, 0.717) is 11.8 Å². The maximum Gasteiger partial charge on any atom is 0.133 e. The third-order valence-corrected chi connectivity index (χ3v) is 4.19. The molecule has 0 amide bonds. The first-order valence-corrected chi connectivity index (χ1v) is 5.15. The Labute approximate surface area is 78.9 Å². The fraction of sp³-hybridized carbons (Fsp3) is 0.818. The number of rotatable bonds is 0. The summed E-state index contributed by atoms with van der Waals surface area (Å²) in [6, 6.07) is 0. The van der Waals surface area contributed by atoms with Crippen LogP contribution in [0.15, 0.2) is 0 Å². The second-order valence-electron chi connectivity index (χ2n) is 4.92. The fourth-order valence-electron chi connectivity index (χ4n) is 3.62. The Kier molecular flexibility index (Phi) is 1.38. The summed E-state index contributed by atoms with van der Waals surface area (Å²) < 4.78 is 0. The zero-order valence-electron chi connectivity index (χ0n) is 7.74. The maximum atomic E-state index is 10.3. The quantitative estimate of drug-likeness (QED) is 0.539. The van der Waals surface area contributed by atoms with E-state index in [1.165, 1.54) is 6.54 Å². The predicted octanol–water partition coefficient (Wildman–Crippen LogP) is 0.322. The molecule has 13 heavy (non-hydrogen) atoms. The molecule has 3 saturated heterocycles. The molecule has 1 N–H and O–H groups in total. The largest absolute Gasteiger partial charge is 0.377 e. The van der Waals surface area contributed by atoms with Crippen LogP contribution >= 0.6 is 0 Å². The van der Waals surface area contributed by atoms with Gasteiger partial charge in [0.05, 0.1) is 0 Å². The van der Waals surface area contributed by atoms with Crippen LogP contribution in [0.5, 0.6) is 0 Å². The molecule has 0 aromatic heterocycles. The monoisotopic (exact) mass is 177 g/mol. The molecule has 3 heterocycles. The van der Waals surface area contributed by atoms with E-state index in [1.54, 1.807) is 0 Å². The van der Waals surface area contributed by atoms with Gasteiger partial charge < -0.3 is 10.0 Å². The lowest BCUT2D eigenvalue weighted by Gasteiger charge is -2.58. The van der Waals surface area contributed by atoms with Gasteiger partial charge in [-0.15, -0.1) is 6.42 Å². The van der Waals surface area contributed by atoms with Gasteiger partial charge in [0.15, 0.2) is 0 Å². The van der Waals surface area contributed by atoms with Crippen LogP contribution in [-0.4, -0.2) is 35.2 Å². The van der Waals surface area contributed by atoms with Crippen molar-refractivity contribution in [2.24, 2.45) is 17.8 Å². The average molecular weight is 177 g/mol. The Balaban J connectivity index is 1.99. The lowest BCUT2D eigenvalue weighted by molar-refractivity contribution is -0.150. The molecule has 2 atom stereocenters. The summed E-state index contributed by atoms with van der Waals surface area (Å²) in [6.07, 6.45) is 7.76. The molecule has 4 rings (SSSR count). The van der Waals surface area contributed by atoms with Crippen LogP contribution in [0.2, 0.25) is 0 Å². The van der Waals surface area contributed by atoms with Crippen molar-refractivity contribution in [3.05, 3.63) is 0 Å². The minimum Gasteiger partial charge on any atom is -0.377 e. The van der Waals surface area contributed by atoms with E-state index in [9.17, 15) is 5.11 Å². The lowest BCUT2D eigenvalue weighted by atomic mass is 9.59. The van der Waals surface area contributed by atoms with Crippen molar-refractivity contribution < 1.29 is 5.11 Å². The second kappa shape index (κ2) is 2.29. The number of nitrogens with zero attached hydrogens (tertiary/aromatic N) is 1. The van der Waals surface area contributed by atoms with Crippen LogP contribution in [0.3, 0.4) is 0 Å². The van der Waals surface area contributed by atoms with Gasteiger partial charge in [0, 0.05) is 31.5 Å². The van der Waals surface area contributed by atoms with E-state index in [2.05, 4.69) is 10.8 Å². The first-order valence-electron chi connectivity index (χ1n) is 5.15. The summed E-state index contributed by atoms with van der Waals surface area (Å²) in [4.78, 5) is 2.47. The van der Waals surface area contributed by atoms with E-state index in [4.69, 9.17) is 6.42 Å². The highest BCUT2D eigenvalue weighted by Crippen LogP contribution is 2.48. The Morgan fingerprint density at radius 1 is 1.23 bits per heavy atom. The minimum absolute atomic E-state index is 0.351. The van der Waals surface area contributed by atoms with E-state index in [-0.39, 0.29) is 0 Å². The molecule has 1 saturated carbocycles. The van der Waals surface area contributed by atoms with Crippen LogP contribution in [-0.2, 0) is 0 Å². The zero-order chi connectivity index (χ0) is 9.05. The predicted molar refractivity (Wildman–Crippen MR) is 49.9 cm³/mol. The van der Waals surface area contributed by atoms with Crippen molar-refractivity contribution >= 4 is 0 Å². The molecule has 3 aliphatic heterocycles. The van der Waals surface area contributed by atoms with E-state index in [0.717, 1.165) is 31.8 Å². The minimum atomic E-state index is -0.770. The van der Waals surface area contributed by atoms with Crippen LogP contribution in [0.25, 0.3) is 0 Å². The van der Waals surface area contributed by atoms with Crippen molar-refractivity contribution in [1.82, 2.24) is 4.90 Å². The highest BCUT2D eigenvalue weighted by Gasteiger charge is 2.55. The van der Waals surface area contributed by atoms with E-state index in [1.807, 2.05) is 0 Å². The van der Waals surface area contributed by atoms with Gasteiger partial charge in [0.25, 0.3) is 0 Å². The van der Waals surface area contributed by atoms with Crippen molar-refractivity contribution in [1.29, 1.82) is 0 Å². The Morgan fingerprint density at radius 2 is 1.85 bits per heavy atom. The Bertz CT molecular complexity index is 250. The summed E-state index contributed by atoms with van der Waals surface area (Å²) in [5, 5.41) is 10.3. The number of hydrogen-bond acceptors (Lipinski definition) is 2. The smallest absolute Gasteiger partial charge is 0.133 e. The van der Waals surface area contributed by atoms with Gasteiger partial charge in [-0.2, -0.15) is 0 Å². The van der Waals surface area contributed by atoms with Gasteiger partial charge in [-0.1, -0.05) is 5.92 Å². The lowest BCUT2D eigenvalue weighted by Crippen LogP contribution is -2.65. The molecule has 70 valence electrons. The molecule has 2 unspecified atom stereocenters. The summed E-state index contributed by atoms with van der Waals surface area (Å²) in [5.74, 6) is 4.16. The topological polar surface area (TPSA) is 23.5 Å². The standard InChI is InChI=1S/C11H15NO/c1-2-11(13)9-3-8-4-10(11)7-12(5-8)6-9/h1,8-10,13H,3-7H2. The molecule has 2 nitrogen and oxygen atoms in total. The molecule has 4 aliphatic rings. The molecular weight excluding hydrogens is 162 g/mol. The second-order valence-corrected chi connectivity index (χ2v) is 4.92. The molecule has 0 radical (unpaired) electrons. The molecule has 0 aromatic rings. The average Bonchev–Trinajstić information content (AvgIpc) is 2.13. The first-order chi connectivity index (χ1) is 6.22. The summed E-state index contributed by atoms with van der Waals surface area (Å²) >= 11 is 0. The third-order valence-electron chi connectivity index (χ3n) is 4.19. The molecular formula is C11H15NO. The maximum absolute atomic E-state index is 10.3. The summed E-state index contributed by atoms with van der Waals surface area (Å²) in [7, 11) is 0. The molecule has 2 heteroatoms. The zero-order valence-corrected chi connectivity index (χ0v) is 7.74. The molecule has 0 spiro atoms. The van der Waals surface area contributed by atoms with E-state index < -0.39 is 5.60 Å². The van der Waals surface area contributed by atoms with Crippen LogP contribution in [0.1, 0.15) is 12.8 Å². The number of aliphatic hydroxyl groups is 1. The number of piperidine rings is 3. The van der Waals surface area contributed by atoms with Crippen molar-refractivity contribution in [2.45, 2.75) is 18.4 Å². The highest BCUT2D eigenvalue weighted by atomic mass is 16.3. The van der Waals surface area contributed by atoms with Gasteiger partial charge in [0.1, 0.15) is 5.60 Å². The van der Waals surface area contributed by atoms with Crippen molar-refractivity contribution in [3.8, 4) is 12.3 Å². The highest BCUT2D eigenvalue weighted by molar-refractivity contribution is 5.20. The Morgan fingerprint density at radius 3 is 2.31 bits per heavy atom. The van der Waals surface area contributed by atoms with Crippen LogP contribution in [0.4, 0.5) is 0 Å². The molecule has 0 aromatic carbocycles. The molecule has 4 bridgehead atoms. The van der Waals surface area contributed by atoms with Crippen molar-refractivity contribution in [3.63, 3.8) is 0 Å². The SMILES string of the molecule is C#CC1(O)C2CC3CC1CN(C3)C2. The summed E-state index contributed by atoms with van der Waals surface area (Å²) in [6.45, 7) is 3.29.